The molecule has 154 valence electrons. The van der Waals surface area contributed by atoms with E-state index in [1.807, 2.05) is 11.8 Å². The molecule has 1 aromatic heterocycles. The first-order valence-corrected chi connectivity index (χ1v) is 11.7. The average molecular weight is 411 g/mol. The second kappa shape index (κ2) is 8.70. The van der Waals surface area contributed by atoms with Gasteiger partial charge in [0.1, 0.15) is 0 Å². The summed E-state index contributed by atoms with van der Waals surface area (Å²) < 4.78 is 0. The van der Waals surface area contributed by atoms with Crippen LogP contribution in [0.4, 0.5) is 0 Å². The number of rotatable bonds is 6. The van der Waals surface area contributed by atoms with Crippen LogP contribution >= 0.6 is 11.3 Å². The average Bonchev–Trinajstić information content (AvgIpc) is 3.22. The van der Waals surface area contributed by atoms with Gasteiger partial charge in [0.15, 0.2) is 0 Å². The van der Waals surface area contributed by atoms with E-state index in [2.05, 4.69) is 47.1 Å². The number of nitrogens with zero attached hydrogens (tertiary/aromatic N) is 1. The summed E-state index contributed by atoms with van der Waals surface area (Å²) in [7, 11) is 0. The van der Waals surface area contributed by atoms with Crippen LogP contribution < -0.4 is 5.32 Å². The van der Waals surface area contributed by atoms with Crippen LogP contribution in [0, 0.1) is 11.3 Å². The maximum atomic E-state index is 13.3. The van der Waals surface area contributed by atoms with E-state index in [4.69, 9.17) is 0 Å². The highest BCUT2D eigenvalue weighted by molar-refractivity contribution is 7.13. The quantitative estimate of drug-likeness (QED) is 0.762. The molecule has 2 aliphatic rings. The fourth-order valence-corrected chi connectivity index (χ4v) is 5.49. The van der Waals surface area contributed by atoms with Gasteiger partial charge in [-0.2, -0.15) is 0 Å². The van der Waals surface area contributed by atoms with E-state index in [-0.39, 0.29) is 17.7 Å². The zero-order valence-electron chi connectivity index (χ0n) is 17.2. The summed E-state index contributed by atoms with van der Waals surface area (Å²) in [5.74, 6) is 0.529. The third kappa shape index (κ3) is 4.11. The normalized spacial score (nSPS) is 22.2. The highest BCUT2D eigenvalue weighted by Crippen LogP contribution is 2.39. The highest BCUT2D eigenvalue weighted by Gasteiger charge is 2.45. The number of benzene rings is 1. The molecule has 4 rings (SSSR count). The van der Waals surface area contributed by atoms with Gasteiger partial charge < -0.3 is 10.2 Å². The molecule has 29 heavy (non-hydrogen) atoms. The number of hydrogen-bond donors (Lipinski definition) is 1. The molecule has 0 radical (unpaired) electrons. The first kappa shape index (κ1) is 20.1. The molecular weight excluding hydrogens is 380 g/mol. The smallest absolute Gasteiger partial charge is 0.228 e. The zero-order chi connectivity index (χ0) is 20.3. The lowest BCUT2D eigenvalue weighted by molar-refractivity contribution is -0.146. The molecule has 1 aliphatic carbocycles. The van der Waals surface area contributed by atoms with Crippen LogP contribution in [0.3, 0.4) is 0 Å². The second-order valence-corrected chi connectivity index (χ2v) is 9.39. The summed E-state index contributed by atoms with van der Waals surface area (Å²) in [5, 5.41) is 5.16. The molecule has 4 nitrogen and oxygen atoms in total. The fraction of sp³-hybridized carbons (Fsp3) is 0.500. The molecule has 2 heterocycles. The van der Waals surface area contributed by atoms with Crippen molar-refractivity contribution in [1.29, 1.82) is 0 Å². The molecule has 1 saturated heterocycles. The van der Waals surface area contributed by atoms with Gasteiger partial charge in [-0.3, -0.25) is 9.59 Å². The number of thiophene rings is 1. The van der Waals surface area contributed by atoms with Crippen molar-refractivity contribution in [1.82, 2.24) is 10.2 Å². The Balaban J connectivity index is 1.64. The summed E-state index contributed by atoms with van der Waals surface area (Å²) in [6.45, 7) is 3.89. The van der Waals surface area contributed by atoms with E-state index in [9.17, 15) is 9.59 Å². The number of nitrogens with one attached hydrogen (secondary N) is 1. The highest BCUT2D eigenvalue weighted by atomic mass is 32.1. The Bertz CT molecular complexity index is 860. The Hall–Kier alpha value is -2.14. The Kier molecular flexibility index (Phi) is 6.04. The molecule has 2 fully saturated rings. The van der Waals surface area contributed by atoms with Crippen LogP contribution in [0.25, 0.3) is 10.4 Å². The SMILES string of the molecule is CCNC(=O)[C@@]1(Cc2ccccc2-c2cccs2)CCCN(C(=O)C2CCC2)C1. The Morgan fingerprint density at radius 3 is 2.69 bits per heavy atom. The van der Waals surface area contributed by atoms with Crippen LogP contribution in [-0.4, -0.2) is 36.3 Å². The molecule has 2 amide bonds. The fourth-order valence-electron chi connectivity index (χ4n) is 4.70. The molecule has 1 aliphatic heterocycles. The summed E-state index contributed by atoms with van der Waals surface area (Å²) in [6.07, 6.45) is 5.54. The lowest BCUT2D eigenvalue weighted by Gasteiger charge is -2.44. The number of piperidine rings is 1. The van der Waals surface area contributed by atoms with Crippen LogP contribution in [0.15, 0.2) is 41.8 Å². The molecule has 0 spiro atoms. The van der Waals surface area contributed by atoms with Gasteiger partial charge in [-0.1, -0.05) is 36.8 Å². The van der Waals surface area contributed by atoms with E-state index in [1.54, 1.807) is 11.3 Å². The predicted octanol–water partition coefficient (Wildman–Crippen LogP) is 4.50. The monoisotopic (exact) mass is 410 g/mol. The van der Waals surface area contributed by atoms with E-state index in [0.717, 1.165) is 38.6 Å². The van der Waals surface area contributed by atoms with Gasteiger partial charge in [0.2, 0.25) is 11.8 Å². The maximum Gasteiger partial charge on any atom is 0.228 e. The first-order valence-electron chi connectivity index (χ1n) is 10.8. The van der Waals surface area contributed by atoms with Gasteiger partial charge in [-0.15, -0.1) is 11.3 Å². The van der Waals surface area contributed by atoms with Crippen molar-refractivity contribution in [2.45, 2.75) is 45.4 Å². The number of carbonyl (C=O) groups is 2. The van der Waals surface area contributed by atoms with E-state index >= 15 is 0 Å². The summed E-state index contributed by atoms with van der Waals surface area (Å²) in [4.78, 5) is 29.5. The Morgan fingerprint density at radius 2 is 2.00 bits per heavy atom. The van der Waals surface area contributed by atoms with Crippen LogP contribution in [0.2, 0.25) is 0 Å². The van der Waals surface area contributed by atoms with Gasteiger partial charge in [-0.25, -0.2) is 0 Å². The maximum absolute atomic E-state index is 13.3. The zero-order valence-corrected chi connectivity index (χ0v) is 18.0. The third-order valence-corrected chi connectivity index (χ3v) is 7.40. The molecule has 0 bridgehead atoms. The van der Waals surface area contributed by atoms with Crippen molar-refractivity contribution >= 4 is 23.2 Å². The summed E-state index contributed by atoms with van der Waals surface area (Å²) in [6, 6.07) is 12.6. The number of amides is 2. The lowest BCUT2D eigenvalue weighted by atomic mass is 9.72. The van der Waals surface area contributed by atoms with Crippen molar-refractivity contribution in [3.8, 4) is 10.4 Å². The molecule has 1 N–H and O–H groups in total. The van der Waals surface area contributed by atoms with Gasteiger partial charge in [-0.05, 0) is 61.6 Å². The summed E-state index contributed by atoms with van der Waals surface area (Å²) in [5.41, 5.74) is 1.84. The van der Waals surface area contributed by atoms with Gasteiger partial charge in [0, 0.05) is 30.4 Å². The minimum absolute atomic E-state index is 0.0899. The predicted molar refractivity (Wildman–Crippen MR) is 118 cm³/mol. The molecule has 2 aromatic rings. The van der Waals surface area contributed by atoms with Crippen molar-refractivity contribution in [2.24, 2.45) is 11.3 Å². The standard InChI is InChI=1S/C24H30N2O2S/c1-2-25-23(28)24(13-7-14-26(17-24)22(27)18-9-5-10-18)16-19-8-3-4-11-20(19)21-12-6-15-29-21/h3-4,6,8,11-12,15,18H,2,5,7,9-10,13-14,16-17H2,1H3,(H,25,28)/t24-/m1/s1. The van der Waals surface area contributed by atoms with Gasteiger partial charge >= 0.3 is 0 Å². The largest absolute Gasteiger partial charge is 0.356 e. The second-order valence-electron chi connectivity index (χ2n) is 8.44. The van der Waals surface area contributed by atoms with Crippen molar-refractivity contribution in [3.63, 3.8) is 0 Å². The number of likely N-dealkylation sites (tertiary alicyclic amines) is 1. The van der Waals surface area contributed by atoms with Gasteiger partial charge in [0.25, 0.3) is 0 Å². The topological polar surface area (TPSA) is 49.4 Å². The van der Waals surface area contributed by atoms with E-state index in [1.165, 1.54) is 16.0 Å². The van der Waals surface area contributed by atoms with Crippen LogP contribution in [0.5, 0.6) is 0 Å². The molecular formula is C24H30N2O2S. The molecule has 1 aromatic carbocycles. The van der Waals surface area contributed by atoms with E-state index in [0.29, 0.717) is 19.5 Å². The number of carbonyl (C=O) groups excluding carboxylic acids is 2. The minimum atomic E-state index is -0.555. The Morgan fingerprint density at radius 1 is 1.17 bits per heavy atom. The molecule has 5 heteroatoms. The van der Waals surface area contributed by atoms with Crippen LogP contribution in [-0.2, 0) is 16.0 Å². The van der Waals surface area contributed by atoms with Crippen molar-refractivity contribution in [2.75, 3.05) is 19.6 Å². The molecule has 0 unspecified atom stereocenters. The molecule has 1 atom stereocenters. The third-order valence-electron chi connectivity index (χ3n) is 6.49. The lowest BCUT2D eigenvalue weighted by Crippen LogP contribution is -2.55. The van der Waals surface area contributed by atoms with Crippen molar-refractivity contribution in [3.05, 3.63) is 47.3 Å². The summed E-state index contributed by atoms with van der Waals surface area (Å²) >= 11 is 1.72. The van der Waals surface area contributed by atoms with Gasteiger partial charge in [0.05, 0.1) is 5.41 Å². The Labute approximate surface area is 177 Å². The first-order chi connectivity index (χ1) is 14.1. The number of hydrogen-bond acceptors (Lipinski definition) is 3. The molecule has 1 saturated carbocycles. The minimum Gasteiger partial charge on any atom is -0.356 e. The van der Waals surface area contributed by atoms with Crippen molar-refractivity contribution < 1.29 is 9.59 Å². The van der Waals surface area contributed by atoms with E-state index < -0.39 is 5.41 Å². The van der Waals surface area contributed by atoms with Crippen LogP contribution in [0.1, 0.15) is 44.6 Å².